The number of aryl methyl sites for hydroxylation is 1. The second-order valence-electron chi connectivity index (χ2n) is 4.49. The van der Waals surface area contributed by atoms with Crippen LogP contribution in [-0.4, -0.2) is 33.7 Å². The highest BCUT2D eigenvalue weighted by molar-refractivity contribution is 5.85. The van der Waals surface area contributed by atoms with Crippen molar-refractivity contribution in [3.8, 4) is 0 Å². The number of carbonyl (C=O) groups excluding carboxylic acids is 1. The van der Waals surface area contributed by atoms with Crippen molar-refractivity contribution in [2.45, 2.75) is 26.4 Å². The molecule has 0 saturated heterocycles. The Hall–Kier alpha value is -1.07. The van der Waals surface area contributed by atoms with Crippen LogP contribution in [0.1, 0.15) is 19.4 Å². The fourth-order valence-corrected chi connectivity index (χ4v) is 1.44. The van der Waals surface area contributed by atoms with Crippen molar-refractivity contribution in [3.63, 3.8) is 0 Å². The molecular weight excluding hydrogens is 240 g/mol. The number of nitrogens with two attached hydrogens (primary N) is 1. The summed E-state index contributed by atoms with van der Waals surface area (Å²) in [5.41, 5.74) is 6.82. The molecule has 0 spiro atoms. The van der Waals surface area contributed by atoms with Crippen molar-refractivity contribution >= 4 is 18.3 Å². The van der Waals surface area contributed by atoms with E-state index in [0.717, 1.165) is 5.56 Å². The van der Waals surface area contributed by atoms with Crippen LogP contribution in [0.5, 0.6) is 0 Å². The first-order valence-electron chi connectivity index (χ1n) is 5.40. The van der Waals surface area contributed by atoms with Crippen molar-refractivity contribution in [1.29, 1.82) is 0 Å². The summed E-state index contributed by atoms with van der Waals surface area (Å²) in [5, 5.41) is 4.06. The van der Waals surface area contributed by atoms with Crippen molar-refractivity contribution in [3.05, 3.63) is 18.0 Å². The molecule has 2 N–H and O–H groups in total. The summed E-state index contributed by atoms with van der Waals surface area (Å²) >= 11 is 0. The van der Waals surface area contributed by atoms with Gasteiger partial charge < -0.3 is 10.6 Å². The Morgan fingerprint density at radius 3 is 2.59 bits per heavy atom. The van der Waals surface area contributed by atoms with Crippen LogP contribution >= 0.6 is 12.4 Å². The van der Waals surface area contributed by atoms with Gasteiger partial charge in [-0.1, -0.05) is 13.8 Å². The number of nitrogens with zero attached hydrogens (tertiary/aromatic N) is 3. The first-order chi connectivity index (χ1) is 7.41. The molecule has 0 radical (unpaired) electrons. The van der Waals surface area contributed by atoms with E-state index in [1.54, 1.807) is 22.8 Å². The van der Waals surface area contributed by atoms with E-state index in [1.807, 2.05) is 27.1 Å². The lowest BCUT2D eigenvalue weighted by molar-refractivity contribution is -0.132. The van der Waals surface area contributed by atoms with E-state index < -0.39 is 6.04 Å². The standard InChI is InChI=1S/C11H20N4O.ClH/c1-8(2)10(12)11(16)14(3)6-9-5-13-15(4)7-9;/h5,7-8,10H,6,12H2,1-4H3;1H/t10-;/m0./s1. The summed E-state index contributed by atoms with van der Waals surface area (Å²) in [4.78, 5) is 13.5. The van der Waals surface area contributed by atoms with Crippen molar-refractivity contribution in [2.24, 2.45) is 18.7 Å². The molecule has 1 rings (SSSR count). The predicted molar refractivity (Wildman–Crippen MR) is 69.7 cm³/mol. The molecule has 1 atom stereocenters. The quantitative estimate of drug-likeness (QED) is 0.870. The van der Waals surface area contributed by atoms with Gasteiger partial charge in [0.05, 0.1) is 12.2 Å². The smallest absolute Gasteiger partial charge is 0.239 e. The fourth-order valence-electron chi connectivity index (χ4n) is 1.44. The zero-order chi connectivity index (χ0) is 12.3. The number of likely N-dealkylation sites (N-methyl/N-ethyl adjacent to an activating group) is 1. The summed E-state index contributed by atoms with van der Waals surface area (Å²) < 4.78 is 1.72. The maximum Gasteiger partial charge on any atom is 0.239 e. The molecule has 0 fully saturated rings. The lowest BCUT2D eigenvalue weighted by atomic mass is 10.0. The zero-order valence-corrected chi connectivity index (χ0v) is 11.6. The molecule has 1 aromatic rings. The van der Waals surface area contributed by atoms with E-state index in [0.29, 0.717) is 6.54 Å². The van der Waals surface area contributed by atoms with Crippen molar-refractivity contribution in [1.82, 2.24) is 14.7 Å². The molecule has 98 valence electrons. The highest BCUT2D eigenvalue weighted by Crippen LogP contribution is 2.06. The molecule has 0 aliphatic heterocycles. The molecule has 6 heteroatoms. The summed E-state index contributed by atoms with van der Waals surface area (Å²) in [6.45, 7) is 4.44. The average Bonchev–Trinajstić information content (AvgIpc) is 2.61. The van der Waals surface area contributed by atoms with Crippen LogP contribution in [0.25, 0.3) is 0 Å². The Kier molecular flexibility index (Phi) is 6.20. The van der Waals surface area contributed by atoms with E-state index >= 15 is 0 Å². The SMILES string of the molecule is CC(C)[C@H](N)C(=O)N(C)Cc1cnn(C)c1.Cl. The van der Waals surface area contributed by atoms with Gasteiger partial charge in [0, 0.05) is 32.4 Å². The number of rotatable bonds is 4. The normalized spacial score (nSPS) is 12.1. The third-order valence-corrected chi connectivity index (χ3v) is 2.56. The molecule has 0 aromatic carbocycles. The first-order valence-corrected chi connectivity index (χ1v) is 5.40. The largest absolute Gasteiger partial charge is 0.340 e. The van der Waals surface area contributed by atoms with Crippen LogP contribution in [0.4, 0.5) is 0 Å². The monoisotopic (exact) mass is 260 g/mol. The summed E-state index contributed by atoms with van der Waals surface area (Å²) in [7, 11) is 3.61. The van der Waals surface area contributed by atoms with Gasteiger partial charge in [-0.2, -0.15) is 5.10 Å². The fraction of sp³-hybridized carbons (Fsp3) is 0.636. The van der Waals surface area contributed by atoms with Crippen LogP contribution in [0, 0.1) is 5.92 Å². The van der Waals surface area contributed by atoms with Gasteiger partial charge in [-0.15, -0.1) is 12.4 Å². The van der Waals surface area contributed by atoms with Gasteiger partial charge in [0.15, 0.2) is 0 Å². The number of amides is 1. The third-order valence-electron chi connectivity index (χ3n) is 2.56. The van der Waals surface area contributed by atoms with E-state index in [9.17, 15) is 4.79 Å². The highest BCUT2D eigenvalue weighted by Gasteiger charge is 2.21. The average molecular weight is 261 g/mol. The summed E-state index contributed by atoms with van der Waals surface area (Å²) in [6.07, 6.45) is 3.65. The van der Waals surface area contributed by atoms with Crippen LogP contribution < -0.4 is 5.73 Å². The number of carbonyl (C=O) groups is 1. The van der Waals surface area contributed by atoms with Gasteiger partial charge in [0.25, 0.3) is 0 Å². The number of halogens is 1. The number of hydrogen-bond donors (Lipinski definition) is 1. The first kappa shape index (κ1) is 15.9. The molecule has 0 saturated carbocycles. The molecule has 1 aromatic heterocycles. The minimum atomic E-state index is -0.429. The van der Waals surface area contributed by atoms with Gasteiger partial charge in [-0.25, -0.2) is 0 Å². The molecule has 0 aliphatic rings. The van der Waals surface area contributed by atoms with Gasteiger partial charge in [-0.3, -0.25) is 9.48 Å². The van der Waals surface area contributed by atoms with E-state index in [1.165, 1.54) is 0 Å². The van der Waals surface area contributed by atoms with Gasteiger partial charge in [-0.05, 0) is 5.92 Å². The molecule has 0 aliphatic carbocycles. The topological polar surface area (TPSA) is 64.2 Å². The highest BCUT2D eigenvalue weighted by atomic mass is 35.5. The lowest BCUT2D eigenvalue weighted by Crippen LogP contribution is -2.44. The van der Waals surface area contributed by atoms with Crippen LogP contribution in [0.3, 0.4) is 0 Å². The number of hydrogen-bond acceptors (Lipinski definition) is 3. The summed E-state index contributed by atoms with van der Waals surface area (Å²) in [5.74, 6) is 0.128. The minimum absolute atomic E-state index is 0. The molecular formula is C11H21ClN4O. The Balaban J connectivity index is 0.00000256. The Bertz CT molecular complexity index is 364. The Labute approximate surface area is 108 Å². The Morgan fingerprint density at radius 1 is 1.59 bits per heavy atom. The minimum Gasteiger partial charge on any atom is -0.340 e. The van der Waals surface area contributed by atoms with E-state index in [2.05, 4.69) is 5.10 Å². The molecule has 5 nitrogen and oxygen atoms in total. The Morgan fingerprint density at radius 2 is 2.18 bits per heavy atom. The second-order valence-corrected chi connectivity index (χ2v) is 4.49. The maximum absolute atomic E-state index is 11.9. The van der Waals surface area contributed by atoms with E-state index in [-0.39, 0.29) is 24.2 Å². The molecule has 17 heavy (non-hydrogen) atoms. The molecule has 1 heterocycles. The van der Waals surface area contributed by atoms with Crippen LogP contribution in [0.15, 0.2) is 12.4 Å². The maximum atomic E-state index is 11.9. The zero-order valence-electron chi connectivity index (χ0n) is 10.8. The summed E-state index contributed by atoms with van der Waals surface area (Å²) in [6, 6.07) is -0.429. The molecule has 0 bridgehead atoms. The van der Waals surface area contributed by atoms with Gasteiger partial charge in [0.1, 0.15) is 0 Å². The van der Waals surface area contributed by atoms with Crippen molar-refractivity contribution in [2.75, 3.05) is 7.05 Å². The van der Waals surface area contributed by atoms with E-state index in [4.69, 9.17) is 5.73 Å². The third kappa shape index (κ3) is 4.36. The molecule has 1 amide bonds. The van der Waals surface area contributed by atoms with Crippen molar-refractivity contribution < 1.29 is 4.79 Å². The van der Waals surface area contributed by atoms with Gasteiger partial charge in [0.2, 0.25) is 5.91 Å². The molecule has 0 unspecified atom stereocenters. The second kappa shape index (κ2) is 6.61. The van der Waals surface area contributed by atoms with Crippen LogP contribution in [0.2, 0.25) is 0 Å². The number of aromatic nitrogens is 2. The van der Waals surface area contributed by atoms with Crippen LogP contribution in [-0.2, 0) is 18.4 Å². The van der Waals surface area contributed by atoms with Gasteiger partial charge >= 0.3 is 0 Å². The predicted octanol–water partition coefficient (Wildman–Crippen LogP) is 0.784. The lowest BCUT2D eigenvalue weighted by Gasteiger charge is -2.22.